The monoisotopic (exact) mass is 332 g/mol. The highest BCUT2D eigenvalue weighted by Crippen LogP contribution is 2.32. The molecule has 0 amide bonds. The lowest BCUT2D eigenvalue weighted by molar-refractivity contribution is -0.699. The third kappa shape index (κ3) is 3.11. The molecule has 0 radical (unpaired) electrons. The number of Topliss-reactive ketones (excluding diaryl/α,β-unsaturated/α-hetero) is 1. The number of fused-ring (bicyclic) bond motifs is 1. The van der Waals surface area contributed by atoms with Crippen molar-refractivity contribution in [3.63, 3.8) is 0 Å². The van der Waals surface area contributed by atoms with Crippen LogP contribution in [0.3, 0.4) is 0 Å². The molecule has 0 spiro atoms. The fourth-order valence-electron chi connectivity index (χ4n) is 3.03. The molecule has 25 heavy (non-hydrogen) atoms. The Hall–Kier alpha value is -3.14. The Morgan fingerprint density at radius 3 is 2.28 bits per heavy atom. The van der Waals surface area contributed by atoms with E-state index in [1.54, 1.807) is 18.2 Å². The largest absolute Gasteiger partial charge is 0.486 e. The van der Waals surface area contributed by atoms with Crippen molar-refractivity contribution in [3.05, 3.63) is 90.3 Å². The average molecular weight is 332 g/mol. The number of benzene rings is 2. The van der Waals surface area contributed by atoms with E-state index in [4.69, 9.17) is 9.47 Å². The van der Waals surface area contributed by atoms with Gasteiger partial charge in [0.2, 0.25) is 11.8 Å². The molecule has 1 unspecified atom stereocenters. The highest BCUT2D eigenvalue weighted by molar-refractivity contribution is 6.00. The van der Waals surface area contributed by atoms with E-state index in [0.29, 0.717) is 30.3 Å². The fourth-order valence-corrected chi connectivity index (χ4v) is 3.03. The first-order chi connectivity index (χ1) is 12.3. The van der Waals surface area contributed by atoms with Crippen LogP contribution < -0.4 is 14.0 Å². The van der Waals surface area contributed by atoms with E-state index < -0.39 is 6.04 Å². The third-order valence-corrected chi connectivity index (χ3v) is 4.23. The Balaban J connectivity index is 1.76. The van der Waals surface area contributed by atoms with Gasteiger partial charge in [-0.3, -0.25) is 4.79 Å². The van der Waals surface area contributed by atoms with Crippen LogP contribution in [-0.4, -0.2) is 19.0 Å². The van der Waals surface area contributed by atoms with Crippen molar-refractivity contribution < 1.29 is 18.8 Å². The van der Waals surface area contributed by atoms with Crippen molar-refractivity contribution in [2.75, 3.05) is 13.2 Å². The number of nitrogens with zero attached hydrogens (tertiary/aromatic N) is 1. The number of carbonyl (C=O) groups is 1. The van der Waals surface area contributed by atoms with Gasteiger partial charge < -0.3 is 9.47 Å². The lowest BCUT2D eigenvalue weighted by Crippen LogP contribution is -2.44. The van der Waals surface area contributed by atoms with Crippen LogP contribution in [-0.2, 0) is 0 Å². The molecule has 1 aliphatic heterocycles. The molecule has 0 saturated heterocycles. The first-order valence-electron chi connectivity index (χ1n) is 8.27. The van der Waals surface area contributed by atoms with Crippen LogP contribution in [0.25, 0.3) is 0 Å². The maximum Gasteiger partial charge on any atom is 0.245 e. The SMILES string of the molecule is O=C(c1ccc2c(c1)OCCO2)C(c1ccccc1)[n+]1ccccc1. The second kappa shape index (κ2) is 6.77. The third-order valence-electron chi connectivity index (χ3n) is 4.23. The zero-order valence-corrected chi connectivity index (χ0v) is 13.7. The van der Waals surface area contributed by atoms with E-state index in [2.05, 4.69) is 0 Å². The van der Waals surface area contributed by atoms with Crippen LogP contribution in [0.5, 0.6) is 11.5 Å². The normalized spacial score (nSPS) is 13.9. The molecule has 4 rings (SSSR count). The molecule has 4 nitrogen and oxygen atoms in total. The molecule has 2 heterocycles. The van der Waals surface area contributed by atoms with E-state index in [1.165, 1.54) is 0 Å². The van der Waals surface area contributed by atoms with Crippen molar-refractivity contribution >= 4 is 5.78 Å². The zero-order chi connectivity index (χ0) is 17.1. The summed E-state index contributed by atoms with van der Waals surface area (Å²) in [5, 5.41) is 0. The minimum Gasteiger partial charge on any atom is -0.486 e. The van der Waals surface area contributed by atoms with Crippen molar-refractivity contribution in [1.29, 1.82) is 0 Å². The van der Waals surface area contributed by atoms with Crippen molar-refractivity contribution in [1.82, 2.24) is 0 Å². The van der Waals surface area contributed by atoms with E-state index in [0.717, 1.165) is 5.56 Å². The number of ether oxygens (including phenoxy) is 2. The molecule has 4 heteroatoms. The number of pyridine rings is 1. The predicted octanol–water partition coefficient (Wildman–Crippen LogP) is 3.22. The quantitative estimate of drug-likeness (QED) is 0.544. The molecule has 124 valence electrons. The first-order valence-corrected chi connectivity index (χ1v) is 8.27. The molecule has 1 aromatic heterocycles. The van der Waals surface area contributed by atoms with E-state index >= 15 is 0 Å². The molecule has 0 fully saturated rings. The summed E-state index contributed by atoms with van der Waals surface area (Å²) < 4.78 is 13.1. The lowest BCUT2D eigenvalue weighted by atomic mass is 9.96. The highest BCUT2D eigenvalue weighted by Gasteiger charge is 2.31. The van der Waals surface area contributed by atoms with Crippen LogP contribution >= 0.6 is 0 Å². The van der Waals surface area contributed by atoms with E-state index in [-0.39, 0.29) is 5.78 Å². The first kappa shape index (κ1) is 15.4. The van der Waals surface area contributed by atoms with E-state index in [9.17, 15) is 4.79 Å². The predicted molar refractivity (Wildman–Crippen MR) is 93.0 cm³/mol. The van der Waals surface area contributed by atoms with Gasteiger partial charge in [-0.2, -0.15) is 4.57 Å². The summed E-state index contributed by atoms with van der Waals surface area (Å²) in [6.07, 6.45) is 3.82. The molecule has 1 atom stereocenters. The van der Waals surface area contributed by atoms with Gasteiger partial charge >= 0.3 is 0 Å². The maximum absolute atomic E-state index is 13.3. The summed E-state index contributed by atoms with van der Waals surface area (Å²) in [5.74, 6) is 1.33. The van der Waals surface area contributed by atoms with Gasteiger partial charge in [0.15, 0.2) is 23.9 Å². The number of hydrogen-bond donors (Lipinski definition) is 0. The van der Waals surface area contributed by atoms with Crippen LogP contribution in [0, 0.1) is 0 Å². The Labute approximate surface area is 146 Å². The summed E-state index contributed by atoms with van der Waals surface area (Å²) in [5.41, 5.74) is 1.55. The Morgan fingerprint density at radius 1 is 0.840 bits per heavy atom. The van der Waals surface area contributed by atoms with Crippen molar-refractivity contribution in [2.45, 2.75) is 6.04 Å². The Bertz CT molecular complexity index is 839. The molecule has 0 aliphatic carbocycles. The number of hydrogen-bond acceptors (Lipinski definition) is 3. The second-order valence-electron chi connectivity index (χ2n) is 5.86. The molecular weight excluding hydrogens is 314 g/mol. The van der Waals surface area contributed by atoms with Gasteiger partial charge in [-0.1, -0.05) is 36.4 Å². The number of carbonyl (C=O) groups excluding carboxylic acids is 1. The van der Waals surface area contributed by atoms with Gasteiger partial charge in [0, 0.05) is 23.3 Å². The van der Waals surface area contributed by atoms with Crippen molar-refractivity contribution in [2.24, 2.45) is 0 Å². The molecular formula is C21H18NO3+. The molecule has 0 bridgehead atoms. The summed E-state index contributed by atoms with van der Waals surface area (Å²) in [6, 6.07) is 20.5. The van der Waals surface area contributed by atoms with Crippen LogP contribution in [0.15, 0.2) is 79.1 Å². The number of aromatic nitrogens is 1. The summed E-state index contributed by atoms with van der Waals surface area (Å²) >= 11 is 0. The van der Waals surface area contributed by atoms with Gasteiger partial charge in [0.25, 0.3) is 0 Å². The fraction of sp³-hybridized carbons (Fsp3) is 0.143. The van der Waals surface area contributed by atoms with Gasteiger partial charge in [0.1, 0.15) is 13.2 Å². The molecule has 3 aromatic rings. The minimum absolute atomic E-state index is 0.0133. The topological polar surface area (TPSA) is 39.4 Å². The number of rotatable bonds is 4. The minimum atomic E-state index is -0.426. The lowest BCUT2D eigenvalue weighted by Gasteiger charge is -2.19. The maximum atomic E-state index is 13.3. The van der Waals surface area contributed by atoms with Crippen LogP contribution in [0.1, 0.15) is 22.0 Å². The highest BCUT2D eigenvalue weighted by atomic mass is 16.6. The van der Waals surface area contributed by atoms with E-state index in [1.807, 2.05) is 65.5 Å². The standard InChI is InChI=1S/C21H18NO3/c23-21(17-9-10-18-19(15-17)25-14-13-24-18)20(16-7-3-1-4-8-16)22-11-5-2-6-12-22/h1-12,15,20H,13-14H2/q+1. The van der Waals surface area contributed by atoms with Crippen LogP contribution in [0.4, 0.5) is 0 Å². The Morgan fingerprint density at radius 2 is 1.52 bits per heavy atom. The second-order valence-corrected chi connectivity index (χ2v) is 5.86. The zero-order valence-electron chi connectivity index (χ0n) is 13.7. The Kier molecular flexibility index (Phi) is 4.17. The van der Waals surface area contributed by atoms with Gasteiger partial charge in [0.05, 0.1) is 0 Å². The summed E-state index contributed by atoms with van der Waals surface area (Å²) in [7, 11) is 0. The van der Waals surface area contributed by atoms with Gasteiger partial charge in [-0.05, 0) is 18.2 Å². The number of ketones is 1. The molecule has 0 N–H and O–H groups in total. The van der Waals surface area contributed by atoms with Gasteiger partial charge in [-0.25, -0.2) is 0 Å². The molecule has 0 saturated carbocycles. The molecule has 2 aromatic carbocycles. The van der Waals surface area contributed by atoms with Crippen molar-refractivity contribution in [3.8, 4) is 11.5 Å². The van der Waals surface area contributed by atoms with Gasteiger partial charge in [-0.15, -0.1) is 0 Å². The smallest absolute Gasteiger partial charge is 0.245 e. The summed E-state index contributed by atoms with van der Waals surface area (Å²) in [4.78, 5) is 13.3. The van der Waals surface area contributed by atoms with Crippen LogP contribution in [0.2, 0.25) is 0 Å². The summed E-state index contributed by atoms with van der Waals surface area (Å²) in [6.45, 7) is 1.03. The molecule has 1 aliphatic rings. The average Bonchev–Trinajstić information content (AvgIpc) is 2.69.